The van der Waals surface area contributed by atoms with Crippen LogP contribution in [0.1, 0.15) is 46.4 Å². The zero-order chi connectivity index (χ0) is 27.3. The predicted octanol–water partition coefficient (Wildman–Crippen LogP) is 2.82. The van der Waals surface area contributed by atoms with E-state index in [-0.39, 0.29) is 35.5 Å². The van der Waals surface area contributed by atoms with Gasteiger partial charge in [-0.15, -0.1) is 0 Å². The molecule has 1 aliphatic carbocycles. The van der Waals surface area contributed by atoms with Crippen LogP contribution in [0.2, 0.25) is 0 Å². The molecule has 4 amide bonds. The van der Waals surface area contributed by atoms with Crippen molar-refractivity contribution in [1.29, 1.82) is 0 Å². The van der Waals surface area contributed by atoms with E-state index in [0.29, 0.717) is 74.5 Å². The van der Waals surface area contributed by atoms with E-state index in [0.717, 1.165) is 0 Å². The average Bonchev–Trinajstić information content (AvgIpc) is 2.93. The topological polar surface area (TPSA) is 135 Å². The number of para-hydroxylation sites is 2. The van der Waals surface area contributed by atoms with Crippen molar-refractivity contribution in [2.75, 3.05) is 51.2 Å². The van der Waals surface area contributed by atoms with Gasteiger partial charge < -0.3 is 30.7 Å². The third kappa shape index (κ3) is 8.12. The van der Waals surface area contributed by atoms with Crippen molar-refractivity contribution >= 4 is 35.0 Å². The number of carbonyl (C=O) groups is 4. The number of anilines is 2. The average molecular weight is 525 g/mol. The Hall–Kier alpha value is -3.76. The molecular formula is C28H36N4O6. The molecular weight excluding hydrogens is 488 g/mol. The van der Waals surface area contributed by atoms with Gasteiger partial charge in [-0.3, -0.25) is 19.2 Å². The highest BCUT2D eigenvalue weighted by atomic mass is 16.5. The van der Waals surface area contributed by atoms with Crippen molar-refractivity contribution in [2.45, 2.75) is 25.7 Å². The summed E-state index contributed by atoms with van der Waals surface area (Å²) < 4.78 is 9.92. The number of ether oxygens (including phenoxy) is 2. The van der Waals surface area contributed by atoms with Crippen molar-refractivity contribution in [1.82, 2.24) is 10.6 Å². The summed E-state index contributed by atoms with van der Waals surface area (Å²) in [7, 11) is 3.11. The van der Waals surface area contributed by atoms with Gasteiger partial charge in [0.15, 0.2) is 0 Å². The maximum absolute atomic E-state index is 13.0. The summed E-state index contributed by atoms with van der Waals surface area (Å²) in [6.45, 7) is 1.52. The van der Waals surface area contributed by atoms with E-state index in [1.807, 2.05) is 0 Å². The molecule has 0 aromatic heterocycles. The number of rotatable bonds is 12. The largest absolute Gasteiger partial charge is 0.383 e. The monoisotopic (exact) mass is 524 g/mol. The van der Waals surface area contributed by atoms with Crippen LogP contribution >= 0.6 is 0 Å². The van der Waals surface area contributed by atoms with Crippen molar-refractivity contribution in [3.8, 4) is 0 Å². The maximum atomic E-state index is 13.0. The molecule has 2 aromatic carbocycles. The first-order valence-corrected chi connectivity index (χ1v) is 12.8. The summed E-state index contributed by atoms with van der Waals surface area (Å²) in [5.74, 6) is -1.43. The third-order valence-electron chi connectivity index (χ3n) is 6.51. The minimum absolute atomic E-state index is 0.168. The van der Waals surface area contributed by atoms with Gasteiger partial charge in [0.1, 0.15) is 0 Å². The van der Waals surface area contributed by atoms with Gasteiger partial charge in [0.2, 0.25) is 11.8 Å². The molecule has 0 heterocycles. The van der Waals surface area contributed by atoms with Crippen LogP contribution in [0.25, 0.3) is 0 Å². The second-order valence-corrected chi connectivity index (χ2v) is 9.12. The van der Waals surface area contributed by atoms with E-state index < -0.39 is 0 Å². The molecule has 1 saturated carbocycles. The van der Waals surface area contributed by atoms with E-state index in [2.05, 4.69) is 21.3 Å². The van der Waals surface area contributed by atoms with Crippen LogP contribution in [0, 0.1) is 11.8 Å². The van der Waals surface area contributed by atoms with Gasteiger partial charge in [0, 0.05) is 39.1 Å². The molecule has 0 spiro atoms. The molecule has 0 saturated heterocycles. The lowest BCUT2D eigenvalue weighted by atomic mass is 9.81. The van der Waals surface area contributed by atoms with Crippen molar-refractivity contribution < 1.29 is 28.7 Å². The van der Waals surface area contributed by atoms with Gasteiger partial charge in [-0.05, 0) is 49.9 Å². The van der Waals surface area contributed by atoms with E-state index in [9.17, 15) is 19.2 Å². The van der Waals surface area contributed by atoms with Gasteiger partial charge >= 0.3 is 0 Å². The van der Waals surface area contributed by atoms with Crippen molar-refractivity contribution in [2.24, 2.45) is 11.8 Å². The molecule has 4 N–H and O–H groups in total. The van der Waals surface area contributed by atoms with E-state index in [1.54, 1.807) is 62.8 Å². The number of methoxy groups -OCH3 is 2. The SMILES string of the molecule is COCCNC(=O)c1ccccc1NC(=O)C1CCC(C(=O)Nc2ccccc2C(=O)NCCOC)CC1. The lowest BCUT2D eigenvalue weighted by Gasteiger charge is -2.27. The zero-order valence-corrected chi connectivity index (χ0v) is 21.9. The molecule has 0 radical (unpaired) electrons. The van der Waals surface area contributed by atoms with Crippen LogP contribution in [-0.4, -0.2) is 64.2 Å². The normalized spacial score (nSPS) is 16.8. The van der Waals surface area contributed by atoms with Crippen molar-refractivity contribution in [3.05, 3.63) is 59.7 Å². The Kier molecular flexibility index (Phi) is 11.3. The molecule has 2 aromatic rings. The van der Waals surface area contributed by atoms with Crippen LogP contribution in [-0.2, 0) is 19.1 Å². The Morgan fingerprint density at radius 1 is 0.658 bits per heavy atom. The van der Waals surface area contributed by atoms with Crippen LogP contribution in [0.3, 0.4) is 0 Å². The Morgan fingerprint density at radius 2 is 1.03 bits per heavy atom. The fourth-order valence-electron chi connectivity index (χ4n) is 4.39. The van der Waals surface area contributed by atoms with Crippen LogP contribution < -0.4 is 21.3 Å². The quantitative estimate of drug-likeness (QED) is 0.316. The summed E-state index contributed by atoms with van der Waals surface area (Å²) in [4.78, 5) is 51.0. The number of benzene rings is 2. The Morgan fingerprint density at radius 3 is 1.39 bits per heavy atom. The smallest absolute Gasteiger partial charge is 0.253 e. The number of carbonyl (C=O) groups excluding carboxylic acids is 4. The van der Waals surface area contributed by atoms with Crippen molar-refractivity contribution in [3.63, 3.8) is 0 Å². The van der Waals surface area contributed by atoms with Crippen LogP contribution in [0.5, 0.6) is 0 Å². The second kappa shape index (κ2) is 14.8. The van der Waals surface area contributed by atoms with Crippen LogP contribution in [0.15, 0.2) is 48.5 Å². The fraction of sp³-hybridized carbons (Fsp3) is 0.429. The first-order chi connectivity index (χ1) is 18.4. The second-order valence-electron chi connectivity index (χ2n) is 9.12. The number of hydrogen-bond donors (Lipinski definition) is 4. The van der Waals surface area contributed by atoms with E-state index >= 15 is 0 Å². The molecule has 1 fully saturated rings. The Balaban J connectivity index is 1.54. The highest BCUT2D eigenvalue weighted by molar-refractivity contribution is 6.05. The number of amides is 4. The van der Waals surface area contributed by atoms with Gasteiger partial charge in [-0.2, -0.15) is 0 Å². The summed E-state index contributed by atoms with van der Waals surface area (Å²) in [5.41, 5.74) is 1.67. The Labute approximate surface area is 222 Å². The molecule has 0 atom stereocenters. The summed E-state index contributed by atoms with van der Waals surface area (Å²) in [6, 6.07) is 13.7. The molecule has 0 aliphatic heterocycles. The Bertz CT molecular complexity index is 1030. The highest BCUT2D eigenvalue weighted by Crippen LogP contribution is 2.31. The summed E-state index contributed by atoms with van der Waals surface area (Å²) in [5, 5.41) is 11.3. The van der Waals surface area contributed by atoms with Gasteiger partial charge in [0.05, 0.1) is 35.7 Å². The standard InChI is InChI=1S/C28H36N4O6/c1-37-17-15-29-27(35)21-7-3-5-9-23(21)31-25(33)19-11-13-20(14-12-19)26(34)32-24-10-6-4-8-22(24)28(36)30-16-18-38-2/h3-10,19-20H,11-18H2,1-2H3,(H,29,35)(H,30,36)(H,31,33)(H,32,34). The molecule has 0 bridgehead atoms. The predicted molar refractivity (Wildman–Crippen MR) is 144 cm³/mol. The fourth-order valence-corrected chi connectivity index (χ4v) is 4.39. The molecule has 10 nitrogen and oxygen atoms in total. The minimum atomic E-state index is -0.286. The molecule has 38 heavy (non-hydrogen) atoms. The van der Waals surface area contributed by atoms with E-state index in [1.165, 1.54) is 0 Å². The molecule has 0 unspecified atom stereocenters. The molecule has 3 rings (SSSR count). The van der Waals surface area contributed by atoms with Crippen LogP contribution in [0.4, 0.5) is 11.4 Å². The maximum Gasteiger partial charge on any atom is 0.253 e. The first-order valence-electron chi connectivity index (χ1n) is 12.8. The third-order valence-corrected chi connectivity index (χ3v) is 6.51. The lowest BCUT2D eigenvalue weighted by molar-refractivity contribution is -0.125. The van der Waals surface area contributed by atoms with Gasteiger partial charge in [-0.25, -0.2) is 0 Å². The highest BCUT2D eigenvalue weighted by Gasteiger charge is 2.31. The number of hydrogen-bond acceptors (Lipinski definition) is 6. The lowest BCUT2D eigenvalue weighted by Crippen LogP contribution is -2.33. The minimum Gasteiger partial charge on any atom is -0.383 e. The molecule has 204 valence electrons. The van der Waals surface area contributed by atoms with Gasteiger partial charge in [-0.1, -0.05) is 24.3 Å². The number of nitrogens with one attached hydrogen (secondary N) is 4. The van der Waals surface area contributed by atoms with Gasteiger partial charge in [0.25, 0.3) is 11.8 Å². The summed E-state index contributed by atoms with van der Waals surface area (Å²) >= 11 is 0. The molecule has 1 aliphatic rings. The first kappa shape index (κ1) is 28.8. The summed E-state index contributed by atoms with van der Waals surface area (Å²) in [6.07, 6.45) is 2.19. The zero-order valence-electron chi connectivity index (χ0n) is 21.9. The molecule has 10 heteroatoms. The van der Waals surface area contributed by atoms with E-state index in [4.69, 9.17) is 9.47 Å².